The lowest BCUT2D eigenvalue weighted by Crippen LogP contribution is -2.28. The van der Waals surface area contributed by atoms with Gasteiger partial charge in [0.15, 0.2) is 5.78 Å². The lowest BCUT2D eigenvalue weighted by molar-refractivity contribution is 0.103. The Bertz CT molecular complexity index is 1090. The van der Waals surface area contributed by atoms with Crippen molar-refractivity contribution in [1.82, 2.24) is 4.98 Å². The first-order valence-electron chi connectivity index (χ1n) is 8.86. The zero-order valence-corrected chi connectivity index (χ0v) is 15.6. The molecule has 0 atom stereocenters. The third-order valence-electron chi connectivity index (χ3n) is 4.66. The number of carbonyl (C=O) groups is 1. The summed E-state index contributed by atoms with van der Waals surface area (Å²) < 4.78 is 11.5. The van der Waals surface area contributed by atoms with E-state index in [-0.39, 0.29) is 5.78 Å². The molecule has 2 aromatic carbocycles. The Morgan fingerprint density at radius 2 is 2.04 bits per heavy atom. The molecule has 0 spiro atoms. The highest BCUT2D eigenvalue weighted by atomic mass is 16.5. The third-order valence-corrected chi connectivity index (χ3v) is 4.66. The number of rotatable bonds is 4. The first kappa shape index (κ1) is 17.2. The summed E-state index contributed by atoms with van der Waals surface area (Å²) in [5.74, 6) is 1.15. The molecular weight excluding hydrogens is 338 g/mol. The molecule has 0 unspecified atom stereocenters. The number of allylic oxidation sites excluding steroid dienone is 1. The van der Waals surface area contributed by atoms with Crippen molar-refractivity contribution in [2.45, 2.75) is 19.4 Å². The summed E-state index contributed by atoms with van der Waals surface area (Å²) >= 11 is 0. The molecule has 0 aliphatic carbocycles. The van der Waals surface area contributed by atoms with E-state index >= 15 is 0 Å². The van der Waals surface area contributed by atoms with Gasteiger partial charge < -0.3 is 14.5 Å². The van der Waals surface area contributed by atoms with Gasteiger partial charge in [-0.05, 0) is 73.4 Å². The van der Waals surface area contributed by atoms with Gasteiger partial charge in [-0.15, -0.1) is 0 Å². The van der Waals surface area contributed by atoms with Crippen LogP contribution in [0.1, 0.15) is 35.3 Å². The van der Waals surface area contributed by atoms with Crippen LogP contribution in [0.15, 0.2) is 54.7 Å². The summed E-state index contributed by atoms with van der Waals surface area (Å²) in [5.41, 5.74) is 2.90. The average molecular weight is 359 g/mol. The number of methoxy groups -OCH3 is 1. The fourth-order valence-electron chi connectivity index (χ4n) is 3.24. The molecule has 4 nitrogen and oxygen atoms in total. The SMILES string of the molecule is COc1ccc(C(=O)/C=C/c2ccc3[nH]ccc3c2)c2c1C=CC(C)(C)O2. The molecule has 0 saturated carbocycles. The zero-order valence-electron chi connectivity index (χ0n) is 15.6. The molecule has 1 N–H and O–H groups in total. The number of ketones is 1. The molecule has 0 bridgehead atoms. The van der Waals surface area contributed by atoms with E-state index < -0.39 is 5.60 Å². The quantitative estimate of drug-likeness (QED) is 0.511. The number of H-pyrrole nitrogens is 1. The van der Waals surface area contributed by atoms with Crippen LogP contribution in [-0.2, 0) is 0 Å². The Kier molecular flexibility index (Phi) is 4.11. The lowest BCUT2D eigenvalue weighted by atomic mass is 9.97. The van der Waals surface area contributed by atoms with Crippen molar-refractivity contribution in [3.8, 4) is 11.5 Å². The molecule has 4 heteroatoms. The van der Waals surface area contributed by atoms with Crippen molar-refractivity contribution in [1.29, 1.82) is 0 Å². The van der Waals surface area contributed by atoms with Crippen LogP contribution in [0.25, 0.3) is 23.1 Å². The van der Waals surface area contributed by atoms with Crippen LogP contribution in [0, 0.1) is 0 Å². The predicted molar refractivity (Wildman–Crippen MR) is 108 cm³/mol. The first-order chi connectivity index (χ1) is 13.0. The smallest absolute Gasteiger partial charge is 0.189 e. The van der Waals surface area contributed by atoms with Crippen molar-refractivity contribution in [2.75, 3.05) is 7.11 Å². The van der Waals surface area contributed by atoms with Gasteiger partial charge in [0, 0.05) is 11.7 Å². The largest absolute Gasteiger partial charge is 0.496 e. The summed E-state index contributed by atoms with van der Waals surface area (Å²) in [6.07, 6.45) is 9.24. The van der Waals surface area contributed by atoms with E-state index in [2.05, 4.69) is 4.98 Å². The van der Waals surface area contributed by atoms with Gasteiger partial charge in [-0.25, -0.2) is 0 Å². The number of nitrogens with one attached hydrogen (secondary N) is 1. The molecule has 1 aliphatic rings. The van der Waals surface area contributed by atoms with Gasteiger partial charge in [0.1, 0.15) is 17.1 Å². The molecule has 0 amide bonds. The van der Waals surface area contributed by atoms with Gasteiger partial charge in [0.2, 0.25) is 0 Å². The second-order valence-electron chi connectivity index (χ2n) is 7.12. The van der Waals surface area contributed by atoms with Gasteiger partial charge in [0.25, 0.3) is 0 Å². The van der Waals surface area contributed by atoms with Gasteiger partial charge in [-0.1, -0.05) is 12.1 Å². The molecule has 3 aromatic rings. The van der Waals surface area contributed by atoms with Gasteiger partial charge in [-0.3, -0.25) is 4.79 Å². The van der Waals surface area contributed by atoms with Gasteiger partial charge in [-0.2, -0.15) is 0 Å². The Balaban J connectivity index is 1.68. The van der Waals surface area contributed by atoms with Crippen molar-refractivity contribution in [2.24, 2.45) is 0 Å². The minimum atomic E-state index is -0.475. The predicted octanol–water partition coefficient (Wildman–Crippen LogP) is 5.26. The maximum absolute atomic E-state index is 12.9. The number of ether oxygens (including phenoxy) is 2. The molecule has 2 heterocycles. The number of hydrogen-bond acceptors (Lipinski definition) is 3. The van der Waals surface area contributed by atoms with Crippen molar-refractivity contribution in [3.63, 3.8) is 0 Å². The van der Waals surface area contributed by atoms with E-state index in [1.165, 1.54) is 0 Å². The molecule has 0 saturated heterocycles. The standard InChI is InChI=1S/C23H21NO3/c1-23(2)12-10-18-21(26-3)9-6-17(22(18)27-23)20(25)8-5-15-4-7-19-16(14-15)11-13-24-19/h4-14,24H,1-3H3/b8-5+. The van der Waals surface area contributed by atoms with E-state index in [4.69, 9.17) is 9.47 Å². The second-order valence-corrected chi connectivity index (χ2v) is 7.12. The fourth-order valence-corrected chi connectivity index (χ4v) is 3.24. The van der Waals surface area contributed by atoms with Crippen molar-refractivity contribution < 1.29 is 14.3 Å². The van der Waals surface area contributed by atoms with E-state index in [0.717, 1.165) is 22.0 Å². The minimum absolute atomic E-state index is 0.103. The van der Waals surface area contributed by atoms with Crippen LogP contribution in [0.4, 0.5) is 0 Å². The second kappa shape index (κ2) is 6.47. The molecule has 136 valence electrons. The van der Waals surface area contributed by atoms with Crippen LogP contribution in [0.2, 0.25) is 0 Å². The van der Waals surface area contributed by atoms with Crippen LogP contribution in [0.5, 0.6) is 11.5 Å². The summed E-state index contributed by atoms with van der Waals surface area (Å²) in [7, 11) is 1.61. The number of fused-ring (bicyclic) bond motifs is 2. The van der Waals surface area contributed by atoms with E-state index in [9.17, 15) is 4.79 Å². The van der Waals surface area contributed by atoms with Crippen LogP contribution >= 0.6 is 0 Å². The van der Waals surface area contributed by atoms with Crippen molar-refractivity contribution >= 4 is 28.8 Å². The molecule has 1 aromatic heterocycles. The Morgan fingerprint density at radius 1 is 1.19 bits per heavy atom. The third kappa shape index (κ3) is 3.26. The lowest BCUT2D eigenvalue weighted by Gasteiger charge is -2.29. The number of aromatic amines is 1. The molecular formula is C23H21NO3. The normalized spacial score (nSPS) is 14.9. The number of hydrogen-bond donors (Lipinski definition) is 1. The van der Waals surface area contributed by atoms with E-state index in [1.54, 1.807) is 25.3 Å². The monoisotopic (exact) mass is 359 g/mol. The topological polar surface area (TPSA) is 51.3 Å². The molecule has 0 fully saturated rings. The van der Waals surface area contributed by atoms with Crippen LogP contribution in [0.3, 0.4) is 0 Å². The molecule has 27 heavy (non-hydrogen) atoms. The summed E-state index contributed by atoms with van der Waals surface area (Å²) in [6, 6.07) is 11.6. The number of carbonyl (C=O) groups excluding carboxylic acids is 1. The maximum atomic E-state index is 12.9. The Labute approximate surface area is 158 Å². The zero-order chi connectivity index (χ0) is 19.0. The van der Waals surface area contributed by atoms with Crippen LogP contribution in [-0.4, -0.2) is 23.5 Å². The molecule has 0 radical (unpaired) electrons. The molecule has 1 aliphatic heterocycles. The summed E-state index contributed by atoms with van der Waals surface area (Å²) in [5, 5.41) is 1.11. The number of benzene rings is 2. The van der Waals surface area contributed by atoms with Crippen LogP contribution < -0.4 is 9.47 Å². The molecule has 4 rings (SSSR count). The average Bonchev–Trinajstić information content (AvgIpc) is 3.12. The first-order valence-corrected chi connectivity index (χ1v) is 8.86. The highest BCUT2D eigenvalue weighted by molar-refractivity contribution is 6.09. The van der Waals surface area contributed by atoms with Crippen molar-refractivity contribution in [3.05, 3.63) is 71.4 Å². The van der Waals surface area contributed by atoms with E-state index in [1.807, 2.05) is 62.5 Å². The van der Waals surface area contributed by atoms with E-state index in [0.29, 0.717) is 17.1 Å². The maximum Gasteiger partial charge on any atom is 0.189 e. The van der Waals surface area contributed by atoms with Gasteiger partial charge >= 0.3 is 0 Å². The highest BCUT2D eigenvalue weighted by Crippen LogP contribution is 2.39. The highest BCUT2D eigenvalue weighted by Gasteiger charge is 2.27. The summed E-state index contributed by atoms with van der Waals surface area (Å²) in [4.78, 5) is 16.0. The summed E-state index contributed by atoms with van der Waals surface area (Å²) in [6.45, 7) is 3.92. The number of aromatic nitrogens is 1. The Hall–Kier alpha value is -3.27. The minimum Gasteiger partial charge on any atom is -0.496 e. The Morgan fingerprint density at radius 3 is 2.85 bits per heavy atom. The van der Waals surface area contributed by atoms with Gasteiger partial charge in [0.05, 0.1) is 18.2 Å². The fraction of sp³-hybridized carbons (Fsp3) is 0.174.